The zero-order valence-corrected chi connectivity index (χ0v) is 18.0. The van der Waals surface area contributed by atoms with E-state index in [2.05, 4.69) is 5.32 Å². The average Bonchev–Trinajstić information content (AvgIpc) is 3.26. The lowest BCUT2D eigenvalue weighted by molar-refractivity contribution is -0.576. The average molecular weight is 450 g/mol. The molecule has 4 rings (SSSR count). The third kappa shape index (κ3) is 4.52. The van der Waals surface area contributed by atoms with Crippen molar-refractivity contribution in [3.63, 3.8) is 0 Å². The van der Waals surface area contributed by atoms with E-state index in [1.807, 2.05) is 43.5 Å². The molecule has 8 nitrogen and oxygen atoms in total. The SMILES string of the molecule is Cc1ccc[n+](C(C(=S)NCc2ccc3c(c2)OCO3)=C(O)c2ccc([N+](=O)[O-])cc2)c1. The van der Waals surface area contributed by atoms with Crippen molar-refractivity contribution in [3.05, 3.63) is 93.8 Å². The maximum atomic E-state index is 11.1. The highest BCUT2D eigenvalue weighted by Crippen LogP contribution is 2.32. The number of thiocarbonyl (C=S) groups is 1. The van der Waals surface area contributed by atoms with Gasteiger partial charge in [0.25, 0.3) is 11.4 Å². The van der Waals surface area contributed by atoms with Gasteiger partial charge in [0.1, 0.15) is 0 Å². The summed E-state index contributed by atoms with van der Waals surface area (Å²) in [7, 11) is 0. The summed E-state index contributed by atoms with van der Waals surface area (Å²) in [5.74, 6) is 1.27. The number of aliphatic hydroxyl groups is 1. The molecule has 2 heterocycles. The third-order valence-electron chi connectivity index (χ3n) is 4.89. The third-order valence-corrected chi connectivity index (χ3v) is 5.23. The fourth-order valence-electron chi connectivity index (χ4n) is 3.27. The molecule has 0 atom stereocenters. The number of non-ortho nitro benzene ring substituents is 1. The Hall–Kier alpha value is -3.98. The number of hydrogen-bond donors (Lipinski definition) is 2. The van der Waals surface area contributed by atoms with E-state index < -0.39 is 4.92 Å². The smallest absolute Gasteiger partial charge is 0.288 e. The van der Waals surface area contributed by atoms with E-state index in [1.165, 1.54) is 24.3 Å². The quantitative estimate of drug-likeness (QED) is 0.147. The summed E-state index contributed by atoms with van der Waals surface area (Å²) < 4.78 is 12.5. The number of nitrogens with one attached hydrogen (secondary N) is 1. The van der Waals surface area contributed by atoms with Crippen LogP contribution in [0.25, 0.3) is 11.5 Å². The fraction of sp³-hybridized carbons (Fsp3) is 0.130. The Morgan fingerprint density at radius 3 is 2.66 bits per heavy atom. The summed E-state index contributed by atoms with van der Waals surface area (Å²) in [6, 6.07) is 15.1. The van der Waals surface area contributed by atoms with Gasteiger partial charge in [-0.3, -0.25) is 10.1 Å². The van der Waals surface area contributed by atoms with Crippen molar-refractivity contribution in [2.75, 3.05) is 6.79 Å². The zero-order chi connectivity index (χ0) is 22.7. The largest absolute Gasteiger partial charge is 0.502 e. The molecule has 3 aromatic rings. The summed E-state index contributed by atoms with van der Waals surface area (Å²) in [4.78, 5) is 10.8. The van der Waals surface area contributed by atoms with E-state index in [0.717, 1.165) is 11.1 Å². The van der Waals surface area contributed by atoms with Crippen molar-refractivity contribution >= 4 is 34.3 Å². The maximum Gasteiger partial charge on any atom is 0.288 e. The molecule has 0 spiro atoms. The highest BCUT2D eigenvalue weighted by molar-refractivity contribution is 7.81. The Bertz CT molecular complexity index is 1220. The van der Waals surface area contributed by atoms with Gasteiger partial charge in [-0.05, 0) is 42.8 Å². The van der Waals surface area contributed by atoms with Gasteiger partial charge in [0, 0.05) is 35.9 Å². The highest BCUT2D eigenvalue weighted by Gasteiger charge is 2.24. The minimum atomic E-state index is -0.488. The van der Waals surface area contributed by atoms with Crippen molar-refractivity contribution in [1.29, 1.82) is 0 Å². The summed E-state index contributed by atoms with van der Waals surface area (Å²) in [6.45, 7) is 2.53. The van der Waals surface area contributed by atoms with Gasteiger partial charge in [0.2, 0.25) is 6.79 Å². The molecule has 0 bridgehead atoms. The van der Waals surface area contributed by atoms with Gasteiger partial charge in [-0.1, -0.05) is 18.3 Å². The van der Waals surface area contributed by atoms with Crippen LogP contribution < -0.4 is 19.4 Å². The summed E-state index contributed by atoms with van der Waals surface area (Å²) in [5, 5.41) is 25.2. The van der Waals surface area contributed by atoms with Crippen molar-refractivity contribution in [2.24, 2.45) is 0 Å². The van der Waals surface area contributed by atoms with Crippen LogP contribution in [0.5, 0.6) is 11.5 Å². The van der Waals surface area contributed by atoms with E-state index in [9.17, 15) is 15.2 Å². The van der Waals surface area contributed by atoms with Gasteiger partial charge >= 0.3 is 0 Å². The van der Waals surface area contributed by atoms with Crippen LogP contribution in [0.15, 0.2) is 67.0 Å². The molecule has 1 aromatic heterocycles. The predicted octanol–water partition coefficient (Wildman–Crippen LogP) is 3.92. The Labute approximate surface area is 189 Å². The van der Waals surface area contributed by atoms with E-state index in [4.69, 9.17) is 21.7 Å². The summed E-state index contributed by atoms with van der Waals surface area (Å²) >= 11 is 5.63. The number of fused-ring (bicyclic) bond motifs is 1. The second-order valence-corrected chi connectivity index (χ2v) is 7.57. The van der Waals surface area contributed by atoms with Crippen molar-refractivity contribution in [2.45, 2.75) is 13.5 Å². The molecule has 1 aliphatic heterocycles. The van der Waals surface area contributed by atoms with Gasteiger partial charge in [0.15, 0.2) is 34.6 Å². The van der Waals surface area contributed by atoms with E-state index in [-0.39, 0.29) is 18.2 Å². The van der Waals surface area contributed by atoms with Crippen LogP contribution in [-0.4, -0.2) is 21.8 Å². The second-order valence-electron chi connectivity index (χ2n) is 7.16. The number of aromatic nitrogens is 1. The van der Waals surface area contributed by atoms with Crippen LogP contribution in [-0.2, 0) is 6.54 Å². The molecule has 0 saturated carbocycles. The zero-order valence-electron chi connectivity index (χ0n) is 17.1. The standard InChI is InChI=1S/C23H19N3O5S/c1-15-3-2-10-25(13-15)21(22(27)17-5-7-18(8-6-17)26(28)29)23(32)24-12-16-4-9-19-20(11-16)31-14-30-19/h2-11,13H,12,14H2,1H3,(H-,24,27,32)/p+1. The Balaban J connectivity index is 1.65. The van der Waals surface area contributed by atoms with Crippen LogP contribution >= 0.6 is 12.2 Å². The Morgan fingerprint density at radius 2 is 1.94 bits per heavy atom. The molecule has 32 heavy (non-hydrogen) atoms. The lowest BCUT2D eigenvalue weighted by atomic mass is 10.1. The number of aliphatic hydroxyl groups excluding tert-OH is 1. The number of nitrogens with zero attached hydrogens (tertiary/aromatic N) is 2. The molecule has 0 radical (unpaired) electrons. The molecule has 0 fully saturated rings. The van der Waals surface area contributed by atoms with Crippen LogP contribution in [0.4, 0.5) is 5.69 Å². The first kappa shape index (κ1) is 21.3. The second kappa shape index (κ2) is 9.03. The molecule has 9 heteroatoms. The number of nitro groups is 1. The van der Waals surface area contributed by atoms with E-state index in [1.54, 1.807) is 10.8 Å². The van der Waals surface area contributed by atoms with Gasteiger partial charge in [0.05, 0.1) is 4.92 Å². The number of hydrogen-bond acceptors (Lipinski definition) is 6. The minimum absolute atomic E-state index is 0.0604. The normalized spacial score (nSPS) is 12.8. The first-order valence-electron chi connectivity index (χ1n) is 9.75. The molecule has 2 aromatic carbocycles. The Morgan fingerprint density at radius 1 is 1.19 bits per heavy atom. The molecule has 0 aliphatic carbocycles. The van der Waals surface area contributed by atoms with Gasteiger partial charge < -0.3 is 19.9 Å². The molecular weight excluding hydrogens is 430 g/mol. The van der Waals surface area contributed by atoms with Gasteiger partial charge in [-0.15, -0.1) is 0 Å². The van der Waals surface area contributed by atoms with E-state index >= 15 is 0 Å². The number of nitro benzene ring substituents is 1. The van der Waals surface area contributed by atoms with Crippen molar-refractivity contribution in [1.82, 2.24) is 5.32 Å². The molecule has 162 valence electrons. The van der Waals surface area contributed by atoms with Crippen LogP contribution in [0, 0.1) is 17.0 Å². The molecule has 1 aliphatic rings. The van der Waals surface area contributed by atoms with E-state index in [0.29, 0.717) is 34.3 Å². The molecule has 0 amide bonds. The first-order chi connectivity index (χ1) is 15.4. The Kier molecular flexibility index (Phi) is 6.00. The minimum Gasteiger partial charge on any atom is -0.502 e. The van der Waals surface area contributed by atoms with Crippen molar-refractivity contribution in [3.8, 4) is 11.5 Å². The van der Waals surface area contributed by atoms with Crippen LogP contribution in [0.3, 0.4) is 0 Å². The lowest BCUT2D eigenvalue weighted by Gasteiger charge is -2.11. The number of benzene rings is 2. The fourth-order valence-corrected chi connectivity index (χ4v) is 3.55. The molecule has 0 saturated heterocycles. The number of rotatable bonds is 6. The maximum absolute atomic E-state index is 11.1. The topological polar surface area (TPSA) is 97.7 Å². The summed E-state index contributed by atoms with van der Waals surface area (Å²) in [6.07, 6.45) is 3.62. The first-order valence-corrected chi connectivity index (χ1v) is 10.2. The number of pyridine rings is 1. The van der Waals surface area contributed by atoms with Crippen LogP contribution in [0.2, 0.25) is 0 Å². The van der Waals surface area contributed by atoms with Gasteiger partial charge in [-0.2, -0.15) is 4.57 Å². The van der Waals surface area contributed by atoms with Crippen LogP contribution in [0.1, 0.15) is 16.7 Å². The highest BCUT2D eigenvalue weighted by atomic mass is 32.1. The van der Waals surface area contributed by atoms with Crippen molar-refractivity contribution < 1.29 is 24.1 Å². The summed E-state index contributed by atoms with van der Waals surface area (Å²) in [5.41, 5.74) is 2.61. The number of ether oxygens (including phenoxy) is 2. The monoisotopic (exact) mass is 450 g/mol. The molecule has 0 unspecified atom stereocenters. The predicted molar refractivity (Wildman–Crippen MR) is 122 cm³/mol. The number of aryl methyl sites for hydroxylation is 1. The molecular formula is C23H20N3O5S+. The van der Waals surface area contributed by atoms with Gasteiger partial charge in [-0.25, -0.2) is 0 Å². The lowest BCUT2D eigenvalue weighted by Crippen LogP contribution is -2.41. The molecule has 2 N–H and O–H groups in total.